The molecule has 0 radical (unpaired) electrons. The van der Waals surface area contributed by atoms with Crippen molar-refractivity contribution in [1.82, 2.24) is 9.97 Å². The van der Waals surface area contributed by atoms with Crippen LogP contribution in [0.4, 0.5) is 15.0 Å². The molecule has 0 bridgehead atoms. The molecule has 7 heteroatoms. The quantitative estimate of drug-likeness (QED) is 0.674. The number of aryl methyl sites for hydroxylation is 1. The van der Waals surface area contributed by atoms with Gasteiger partial charge in [-0.2, -0.15) is 4.39 Å². The number of pyridine rings is 2. The van der Waals surface area contributed by atoms with Gasteiger partial charge in [-0.1, -0.05) is 13.0 Å². The topological polar surface area (TPSA) is 55.3 Å². The average molecular weight is 410 g/mol. The van der Waals surface area contributed by atoms with Gasteiger partial charge >= 0.3 is 6.09 Å². The Hall–Kier alpha value is -2.02. The lowest BCUT2D eigenvalue weighted by Gasteiger charge is -2.27. The van der Waals surface area contributed by atoms with E-state index in [4.69, 9.17) is 4.74 Å². The lowest BCUT2D eigenvalue weighted by molar-refractivity contribution is 0.0576. The summed E-state index contributed by atoms with van der Waals surface area (Å²) in [7, 11) is 0. The summed E-state index contributed by atoms with van der Waals surface area (Å²) < 4.78 is 19.5. The van der Waals surface area contributed by atoms with Crippen LogP contribution in [0.25, 0.3) is 0 Å². The lowest BCUT2D eigenvalue weighted by Crippen LogP contribution is -2.37. The highest BCUT2D eigenvalue weighted by Gasteiger charge is 2.25. The second-order valence-corrected chi connectivity index (χ2v) is 7.37. The highest BCUT2D eigenvalue weighted by atomic mass is 79.9. The van der Waals surface area contributed by atoms with E-state index in [0.29, 0.717) is 0 Å². The summed E-state index contributed by atoms with van der Waals surface area (Å²) in [6, 6.07) is 6.86. The van der Waals surface area contributed by atoms with Crippen LogP contribution in [0.2, 0.25) is 0 Å². The van der Waals surface area contributed by atoms with Crippen LogP contribution < -0.4 is 4.90 Å². The predicted molar refractivity (Wildman–Crippen MR) is 97.9 cm³/mol. The van der Waals surface area contributed by atoms with Gasteiger partial charge in [-0.15, -0.1) is 0 Å². The number of nitrogens with zero attached hydrogens (tertiary/aromatic N) is 3. The minimum atomic E-state index is -0.689. The zero-order valence-corrected chi connectivity index (χ0v) is 16.3. The number of hydrogen-bond acceptors (Lipinski definition) is 4. The molecule has 0 saturated heterocycles. The van der Waals surface area contributed by atoms with Gasteiger partial charge in [0.2, 0.25) is 5.95 Å². The van der Waals surface area contributed by atoms with Crippen molar-refractivity contribution in [3.8, 4) is 0 Å². The molecule has 2 aromatic heterocycles. The summed E-state index contributed by atoms with van der Waals surface area (Å²) in [4.78, 5) is 22.1. The van der Waals surface area contributed by atoms with Gasteiger partial charge in [0.1, 0.15) is 11.4 Å². The Bertz CT molecular complexity index is 745. The number of aromatic nitrogens is 2. The van der Waals surface area contributed by atoms with Crippen molar-refractivity contribution in [3.63, 3.8) is 0 Å². The maximum Gasteiger partial charge on any atom is 0.416 e. The highest BCUT2D eigenvalue weighted by molar-refractivity contribution is 9.10. The maximum atomic E-state index is 13.8. The van der Waals surface area contributed by atoms with Crippen molar-refractivity contribution in [2.24, 2.45) is 0 Å². The number of anilines is 1. The molecule has 0 aliphatic rings. The van der Waals surface area contributed by atoms with Crippen molar-refractivity contribution in [2.45, 2.75) is 46.3 Å². The largest absolute Gasteiger partial charge is 0.443 e. The van der Waals surface area contributed by atoms with E-state index in [1.165, 1.54) is 11.0 Å². The fourth-order valence-corrected chi connectivity index (χ4v) is 2.28. The van der Waals surface area contributed by atoms with Crippen molar-refractivity contribution < 1.29 is 13.9 Å². The van der Waals surface area contributed by atoms with Crippen LogP contribution >= 0.6 is 15.9 Å². The summed E-state index contributed by atoms with van der Waals surface area (Å²) >= 11 is 3.06. The Kier molecular flexibility index (Phi) is 6.11. The SMILES string of the molecule is CCc1ccc(CN(C(=O)OC(C)(C)C)c2ccc(Br)c(F)n2)cn1. The molecule has 0 fully saturated rings. The number of rotatable bonds is 4. The molecule has 0 aromatic carbocycles. The van der Waals surface area contributed by atoms with Crippen LogP contribution in [0.1, 0.15) is 39.0 Å². The molecule has 0 N–H and O–H groups in total. The van der Waals surface area contributed by atoms with Crippen LogP contribution in [0, 0.1) is 5.95 Å². The molecule has 0 spiro atoms. The first-order chi connectivity index (χ1) is 11.7. The number of carbonyl (C=O) groups excluding carboxylic acids is 1. The minimum Gasteiger partial charge on any atom is -0.443 e. The van der Waals surface area contributed by atoms with Crippen LogP contribution in [0.3, 0.4) is 0 Å². The van der Waals surface area contributed by atoms with Crippen LogP contribution in [-0.4, -0.2) is 21.7 Å². The summed E-state index contributed by atoms with van der Waals surface area (Å²) in [5.41, 5.74) is 1.08. The molecule has 0 unspecified atom stereocenters. The number of halogens is 2. The molecule has 0 atom stereocenters. The Morgan fingerprint density at radius 2 is 2.00 bits per heavy atom. The van der Waals surface area contributed by atoms with E-state index >= 15 is 0 Å². The van der Waals surface area contributed by atoms with Gasteiger partial charge in [-0.25, -0.2) is 9.78 Å². The number of carbonyl (C=O) groups is 1. The second-order valence-electron chi connectivity index (χ2n) is 6.52. The van der Waals surface area contributed by atoms with Crippen molar-refractivity contribution in [2.75, 3.05) is 4.90 Å². The molecule has 25 heavy (non-hydrogen) atoms. The van der Waals surface area contributed by atoms with Crippen LogP contribution in [0.15, 0.2) is 34.9 Å². The average Bonchev–Trinajstić information content (AvgIpc) is 2.54. The van der Waals surface area contributed by atoms with Crippen LogP contribution in [0.5, 0.6) is 0 Å². The molecule has 2 rings (SSSR count). The lowest BCUT2D eigenvalue weighted by atomic mass is 10.2. The number of ether oxygens (including phenoxy) is 1. The first-order valence-electron chi connectivity index (χ1n) is 7.96. The molecule has 2 aromatic rings. The Balaban J connectivity index is 2.33. The molecule has 0 saturated carbocycles. The zero-order valence-electron chi connectivity index (χ0n) is 14.7. The van der Waals surface area contributed by atoms with Gasteiger partial charge in [0.15, 0.2) is 0 Å². The van der Waals surface area contributed by atoms with E-state index in [9.17, 15) is 9.18 Å². The first-order valence-corrected chi connectivity index (χ1v) is 8.75. The Morgan fingerprint density at radius 1 is 1.28 bits per heavy atom. The third-order valence-electron chi connectivity index (χ3n) is 3.27. The van der Waals surface area contributed by atoms with Crippen LogP contribution in [-0.2, 0) is 17.7 Å². The maximum absolute atomic E-state index is 13.8. The standard InChI is InChI=1S/C18H21BrFN3O2/c1-5-13-7-6-12(10-21-13)11-23(17(24)25-18(2,3)4)15-9-8-14(19)16(20)22-15/h6-10H,5,11H2,1-4H3. The van der Waals surface area contributed by atoms with Crippen molar-refractivity contribution in [3.05, 3.63) is 52.1 Å². The van der Waals surface area contributed by atoms with Gasteiger partial charge in [0.05, 0.1) is 11.0 Å². The highest BCUT2D eigenvalue weighted by Crippen LogP contribution is 2.22. The van der Waals surface area contributed by atoms with E-state index in [1.54, 1.807) is 33.0 Å². The Labute approximate surface area is 155 Å². The van der Waals surface area contributed by atoms with Crippen molar-refractivity contribution in [1.29, 1.82) is 0 Å². The molecule has 134 valence electrons. The van der Waals surface area contributed by atoms with Gasteiger partial charge in [0.25, 0.3) is 0 Å². The smallest absolute Gasteiger partial charge is 0.416 e. The third-order valence-corrected chi connectivity index (χ3v) is 3.86. The number of amides is 1. The van der Waals surface area contributed by atoms with Gasteiger partial charge in [0, 0.05) is 11.9 Å². The van der Waals surface area contributed by atoms with Gasteiger partial charge in [-0.3, -0.25) is 9.88 Å². The molecule has 0 aliphatic carbocycles. The normalized spacial score (nSPS) is 11.3. The van der Waals surface area contributed by atoms with E-state index in [2.05, 4.69) is 25.9 Å². The summed E-state index contributed by atoms with van der Waals surface area (Å²) in [5.74, 6) is -0.514. The molecular formula is C18H21BrFN3O2. The summed E-state index contributed by atoms with van der Waals surface area (Å²) in [5, 5.41) is 0. The molecule has 1 amide bonds. The van der Waals surface area contributed by atoms with E-state index in [1.807, 2.05) is 19.1 Å². The van der Waals surface area contributed by atoms with E-state index in [0.717, 1.165) is 17.7 Å². The summed E-state index contributed by atoms with van der Waals surface area (Å²) in [6.45, 7) is 7.52. The summed E-state index contributed by atoms with van der Waals surface area (Å²) in [6.07, 6.45) is 1.93. The molecule has 0 aliphatic heterocycles. The third kappa shape index (κ3) is 5.49. The molecule has 2 heterocycles. The van der Waals surface area contributed by atoms with Gasteiger partial charge < -0.3 is 4.74 Å². The second kappa shape index (κ2) is 7.91. The van der Waals surface area contributed by atoms with E-state index in [-0.39, 0.29) is 16.8 Å². The zero-order chi connectivity index (χ0) is 18.6. The van der Waals surface area contributed by atoms with Gasteiger partial charge in [-0.05, 0) is 66.9 Å². The molecular weight excluding hydrogens is 389 g/mol. The minimum absolute atomic E-state index is 0.175. The monoisotopic (exact) mass is 409 g/mol. The first kappa shape index (κ1) is 19.3. The van der Waals surface area contributed by atoms with Crippen molar-refractivity contribution >= 4 is 27.8 Å². The van der Waals surface area contributed by atoms with E-state index < -0.39 is 17.6 Å². The fourth-order valence-electron chi connectivity index (χ4n) is 2.05. The molecule has 5 nitrogen and oxygen atoms in total. The predicted octanol–water partition coefficient (Wildman–Crippen LogP) is 4.88. The Morgan fingerprint density at radius 3 is 2.52 bits per heavy atom. The number of hydrogen-bond donors (Lipinski definition) is 0. The fraction of sp³-hybridized carbons (Fsp3) is 0.389.